The summed E-state index contributed by atoms with van der Waals surface area (Å²) >= 11 is 1.66. The minimum atomic E-state index is -1.12. The van der Waals surface area contributed by atoms with Crippen molar-refractivity contribution in [2.45, 2.75) is 26.6 Å². The largest absolute Gasteiger partial charge is 0.476 e. The van der Waals surface area contributed by atoms with Crippen LogP contribution in [0.25, 0.3) is 0 Å². The third kappa shape index (κ3) is 4.52. The Balaban J connectivity index is 1.78. The highest BCUT2D eigenvalue weighted by Gasteiger charge is 2.16. The standard InChI is InChI=1S/C18H17FN2O3S/c1-12-6-7-25-16(12)9-21(8-13-2-4-14(19)5-3-13)10-17-20-15(11-24-17)18(22)23/h2-7,11H,8-10H2,1H3,(H,22,23). The Bertz CT molecular complexity index is 857. The van der Waals surface area contributed by atoms with E-state index in [1.165, 1.54) is 22.6 Å². The molecular weight excluding hydrogens is 343 g/mol. The molecule has 3 rings (SSSR count). The molecule has 0 aliphatic carbocycles. The van der Waals surface area contributed by atoms with E-state index in [0.29, 0.717) is 25.5 Å². The summed E-state index contributed by atoms with van der Waals surface area (Å²) in [6, 6.07) is 8.39. The number of hydrogen-bond acceptors (Lipinski definition) is 5. The summed E-state index contributed by atoms with van der Waals surface area (Å²) in [6.07, 6.45) is 1.14. The molecule has 0 saturated carbocycles. The van der Waals surface area contributed by atoms with Gasteiger partial charge in [0.15, 0.2) is 5.69 Å². The maximum atomic E-state index is 13.1. The second-order valence-electron chi connectivity index (χ2n) is 5.73. The first kappa shape index (κ1) is 17.3. The fourth-order valence-electron chi connectivity index (χ4n) is 2.46. The molecule has 0 amide bonds. The summed E-state index contributed by atoms with van der Waals surface area (Å²) in [7, 11) is 0. The van der Waals surface area contributed by atoms with Gasteiger partial charge in [-0.2, -0.15) is 0 Å². The van der Waals surface area contributed by atoms with Crippen molar-refractivity contribution >= 4 is 17.3 Å². The molecule has 1 N–H and O–H groups in total. The van der Waals surface area contributed by atoms with E-state index in [9.17, 15) is 9.18 Å². The Hall–Kier alpha value is -2.51. The Morgan fingerprint density at radius 2 is 2.00 bits per heavy atom. The average molecular weight is 360 g/mol. The van der Waals surface area contributed by atoms with E-state index in [-0.39, 0.29) is 11.5 Å². The lowest BCUT2D eigenvalue weighted by atomic mass is 10.2. The highest BCUT2D eigenvalue weighted by atomic mass is 32.1. The lowest BCUT2D eigenvalue weighted by Gasteiger charge is -2.20. The first-order chi connectivity index (χ1) is 12.0. The number of oxazole rings is 1. The number of carboxylic acid groups (broad SMARTS) is 1. The van der Waals surface area contributed by atoms with Crippen molar-refractivity contribution in [3.63, 3.8) is 0 Å². The lowest BCUT2D eigenvalue weighted by molar-refractivity contribution is 0.0690. The summed E-state index contributed by atoms with van der Waals surface area (Å²) in [4.78, 5) is 18.2. The molecule has 3 aromatic rings. The summed E-state index contributed by atoms with van der Waals surface area (Å²) in [5.74, 6) is -1.05. The molecule has 5 nitrogen and oxygen atoms in total. The predicted molar refractivity (Wildman–Crippen MR) is 91.9 cm³/mol. The fraction of sp³-hybridized carbons (Fsp3) is 0.222. The smallest absolute Gasteiger partial charge is 0.357 e. The number of aromatic carboxylic acids is 1. The van der Waals surface area contributed by atoms with Crippen molar-refractivity contribution in [2.24, 2.45) is 0 Å². The van der Waals surface area contributed by atoms with Crippen LogP contribution in [0.15, 0.2) is 46.4 Å². The van der Waals surface area contributed by atoms with Gasteiger partial charge < -0.3 is 9.52 Å². The number of rotatable bonds is 7. The highest BCUT2D eigenvalue weighted by molar-refractivity contribution is 7.10. The normalized spacial score (nSPS) is 11.2. The van der Waals surface area contributed by atoms with Crippen LogP contribution >= 0.6 is 11.3 Å². The zero-order valence-corrected chi connectivity index (χ0v) is 14.4. The molecule has 0 atom stereocenters. The van der Waals surface area contributed by atoms with E-state index in [1.807, 2.05) is 5.38 Å². The second kappa shape index (κ2) is 7.58. The quantitative estimate of drug-likeness (QED) is 0.687. The molecular formula is C18H17FN2O3S. The monoisotopic (exact) mass is 360 g/mol. The van der Waals surface area contributed by atoms with Crippen LogP contribution in [0.5, 0.6) is 0 Å². The number of benzene rings is 1. The molecule has 0 saturated heterocycles. The molecule has 0 bridgehead atoms. The van der Waals surface area contributed by atoms with Crippen LogP contribution in [0, 0.1) is 12.7 Å². The van der Waals surface area contributed by atoms with E-state index >= 15 is 0 Å². The van der Waals surface area contributed by atoms with Crippen LogP contribution < -0.4 is 0 Å². The van der Waals surface area contributed by atoms with Crippen molar-refractivity contribution in [1.82, 2.24) is 9.88 Å². The first-order valence-corrected chi connectivity index (χ1v) is 8.56. The highest BCUT2D eigenvalue weighted by Crippen LogP contribution is 2.21. The van der Waals surface area contributed by atoms with Gasteiger partial charge in [0.25, 0.3) is 0 Å². The molecule has 0 fully saturated rings. The van der Waals surface area contributed by atoms with Gasteiger partial charge in [-0.15, -0.1) is 11.3 Å². The number of hydrogen-bond donors (Lipinski definition) is 1. The van der Waals surface area contributed by atoms with Gasteiger partial charge in [-0.25, -0.2) is 14.2 Å². The maximum Gasteiger partial charge on any atom is 0.357 e. The van der Waals surface area contributed by atoms with Crippen molar-refractivity contribution in [3.8, 4) is 0 Å². The van der Waals surface area contributed by atoms with Crippen molar-refractivity contribution < 1.29 is 18.7 Å². The van der Waals surface area contributed by atoms with Gasteiger partial charge in [0, 0.05) is 18.0 Å². The van der Waals surface area contributed by atoms with E-state index in [4.69, 9.17) is 9.52 Å². The predicted octanol–water partition coefficient (Wildman–Crippen LogP) is 4.08. The van der Waals surface area contributed by atoms with Crippen molar-refractivity contribution in [3.05, 3.63) is 75.4 Å². The van der Waals surface area contributed by atoms with Gasteiger partial charge in [-0.05, 0) is 41.6 Å². The van der Waals surface area contributed by atoms with Crippen molar-refractivity contribution in [1.29, 1.82) is 0 Å². The molecule has 7 heteroatoms. The molecule has 0 aliphatic rings. The van der Waals surface area contributed by atoms with E-state index < -0.39 is 5.97 Å². The van der Waals surface area contributed by atoms with Crippen LogP contribution in [-0.4, -0.2) is 21.0 Å². The van der Waals surface area contributed by atoms with Gasteiger partial charge in [-0.3, -0.25) is 4.90 Å². The molecule has 0 radical (unpaired) electrons. The minimum Gasteiger partial charge on any atom is -0.476 e. The number of aryl methyl sites for hydroxylation is 1. The van der Waals surface area contributed by atoms with Crippen LogP contribution in [0.3, 0.4) is 0 Å². The molecule has 1 aromatic carbocycles. The molecule has 2 heterocycles. The Labute approximate surface area is 148 Å². The zero-order valence-electron chi connectivity index (χ0n) is 13.6. The third-order valence-corrected chi connectivity index (χ3v) is 4.79. The zero-order chi connectivity index (χ0) is 17.8. The first-order valence-electron chi connectivity index (χ1n) is 7.68. The molecule has 25 heavy (non-hydrogen) atoms. The molecule has 0 aliphatic heterocycles. The Morgan fingerprint density at radius 1 is 1.24 bits per heavy atom. The van der Waals surface area contributed by atoms with E-state index in [1.54, 1.807) is 23.5 Å². The van der Waals surface area contributed by atoms with Crippen LogP contribution in [0.1, 0.15) is 32.4 Å². The molecule has 0 unspecified atom stereocenters. The van der Waals surface area contributed by atoms with Crippen LogP contribution in [-0.2, 0) is 19.6 Å². The van der Waals surface area contributed by atoms with Gasteiger partial charge in [0.1, 0.15) is 12.1 Å². The van der Waals surface area contributed by atoms with E-state index in [0.717, 1.165) is 11.8 Å². The summed E-state index contributed by atoms with van der Waals surface area (Å²) in [6.45, 7) is 3.66. The number of thiophene rings is 1. The Kier molecular flexibility index (Phi) is 5.25. The number of carbonyl (C=O) groups is 1. The average Bonchev–Trinajstić information content (AvgIpc) is 3.19. The number of halogens is 1. The van der Waals surface area contributed by atoms with Gasteiger partial charge >= 0.3 is 5.97 Å². The summed E-state index contributed by atoms with van der Waals surface area (Å²) in [5.41, 5.74) is 2.05. The Morgan fingerprint density at radius 3 is 2.60 bits per heavy atom. The fourth-order valence-corrected chi connectivity index (χ4v) is 3.41. The SMILES string of the molecule is Cc1ccsc1CN(Cc1ccc(F)cc1)Cc1nc(C(=O)O)co1. The molecule has 2 aromatic heterocycles. The van der Waals surface area contributed by atoms with E-state index in [2.05, 4.69) is 22.9 Å². The second-order valence-corrected chi connectivity index (χ2v) is 6.73. The van der Waals surface area contributed by atoms with Crippen molar-refractivity contribution in [2.75, 3.05) is 0 Å². The van der Waals surface area contributed by atoms with Gasteiger partial charge in [0.05, 0.1) is 6.54 Å². The lowest BCUT2D eigenvalue weighted by Crippen LogP contribution is -2.22. The number of carboxylic acids is 1. The van der Waals surface area contributed by atoms with Gasteiger partial charge in [0.2, 0.25) is 5.89 Å². The topological polar surface area (TPSA) is 66.6 Å². The maximum absolute atomic E-state index is 13.1. The summed E-state index contributed by atoms with van der Waals surface area (Å²) < 4.78 is 18.4. The van der Waals surface area contributed by atoms with Crippen LogP contribution in [0.4, 0.5) is 4.39 Å². The molecule has 130 valence electrons. The number of nitrogens with zero attached hydrogens (tertiary/aromatic N) is 2. The number of aromatic nitrogens is 1. The van der Waals surface area contributed by atoms with Gasteiger partial charge in [-0.1, -0.05) is 12.1 Å². The minimum absolute atomic E-state index is 0.107. The molecule has 0 spiro atoms. The van der Waals surface area contributed by atoms with Crippen LogP contribution in [0.2, 0.25) is 0 Å². The third-order valence-electron chi connectivity index (χ3n) is 3.78. The summed E-state index contributed by atoms with van der Waals surface area (Å²) in [5, 5.41) is 11.0.